The van der Waals surface area contributed by atoms with Crippen molar-refractivity contribution in [1.29, 1.82) is 0 Å². The molecule has 1 aliphatic rings. The fraction of sp³-hybridized carbons (Fsp3) is 0.357. The third-order valence-corrected chi connectivity index (χ3v) is 3.80. The zero-order chi connectivity index (χ0) is 15.0. The fourth-order valence-corrected chi connectivity index (χ4v) is 2.82. The maximum absolute atomic E-state index is 12.4. The minimum Gasteiger partial charge on any atom is -0.444 e. The highest BCUT2D eigenvalue weighted by Gasteiger charge is 2.27. The minimum absolute atomic E-state index is 0.286. The van der Waals surface area contributed by atoms with E-state index in [-0.39, 0.29) is 6.61 Å². The SMILES string of the molecule is O=C(OCC(Cl)(Cl)Cl)n1c2c(c3ccccc31)CCNC2. The molecule has 0 unspecified atom stereocenters. The van der Waals surface area contributed by atoms with Crippen LogP contribution in [0.15, 0.2) is 24.3 Å². The van der Waals surface area contributed by atoms with E-state index in [2.05, 4.69) is 5.32 Å². The Hall–Kier alpha value is -0.940. The van der Waals surface area contributed by atoms with Crippen molar-refractivity contribution in [3.8, 4) is 0 Å². The zero-order valence-corrected chi connectivity index (χ0v) is 13.3. The first-order chi connectivity index (χ1) is 9.97. The number of hydrogen-bond donors (Lipinski definition) is 1. The topological polar surface area (TPSA) is 43.3 Å². The molecule has 2 heterocycles. The van der Waals surface area contributed by atoms with Crippen LogP contribution in [0.1, 0.15) is 11.3 Å². The van der Waals surface area contributed by atoms with E-state index in [1.807, 2.05) is 24.3 Å². The lowest BCUT2D eigenvalue weighted by atomic mass is 10.1. The first-order valence-corrected chi connectivity index (χ1v) is 7.66. The van der Waals surface area contributed by atoms with Gasteiger partial charge in [0.2, 0.25) is 3.79 Å². The number of benzene rings is 1. The van der Waals surface area contributed by atoms with Crippen molar-refractivity contribution in [3.63, 3.8) is 0 Å². The first kappa shape index (κ1) is 15.0. The number of para-hydroxylation sites is 1. The van der Waals surface area contributed by atoms with E-state index in [4.69, 9.17) is 39.5 Å². The van der Waals surface area contributed by atoms with Crippen molar-refractivity contribution in [2.75, 3.05) is 13.2 Å². The second-order valence-corrected chi connectivity index (χ2v) is 7.39. The Kier molecular flexibility index (Phi) is 4.06. The number of rotatable bonds is 1. The van der Waals surface area contributed by atoms with Crippen LogP contribution in [0.3, 0.4) is 0 Å². The summed E-state index contributed by atoms with van der Waals surface area (Å²) >= 11 is 16.9. The summed E-state index contributed by atoms with van der Waals surface area (Å²) in [5.41, 5.74) is 2.91. The Balaban J connectivity index is 2.03. The molecule has 21 heavy (non-hydrogen) atoms. The Morgan fingerprint density at radius 1 is 1.33 bits per heavy atom. The van der Waals surface area contributed by atoms with Gasteiger partial charge < -0.3 is 10.1 Å². The lowest BCUT2D eigenvalue weighted by Gasteiger charge is -2.17. The normalized spacial score (nSPS) is 15.0. The number of fused-ring (bicyclic) bond motifs is 3. The molecule has 7 heteroatoms. The predicted molar refractivity (Wildman–Crippen MR) is 84.4 cm³/mol. The molecular formula is C14H13Cl3N2O2. The molecule has 0 atom stereocenters. The molecule has 0 bridgehead atoms. The van der Waals surface area contributed by atoms with Crippen LogP contribution in [0.2, 0.25) is 0 Å². The Labute approximate surface area is 136 Å². The second kappa shape index (κ2) is 5.69. The van der Waals surface area contributed by atoms with Crippen LogP contribution in [-0.4, -0.2) is 27.6 Å². The molecule has 0 fully saturated rings. The van der Waals surface area contributed by atoms with Gasteiger partial charge in [0.05, 0.1) is 5.52 Å². The van der Waals surface area contributed by atoms with Crippen LogP contribution in [0.5, 0.6) is 0 Å². The number of ether oxygens (including phenoxy) is 1. The van der Waals surface area contributed by atoms with Gasteiger partial charge >= 0.3 is 6.09 Å². The number of carbonyl (C=O) groups excluding carboxylic acids is 1. The van der Waals surface area contributed by atoms with Crippen molar-refractivity contribution in [2.24, 2.45) is 0 Å². The standard InChI is InChI=1S/C14H13Cl3N2O2/c15-14(16,17)8-21-13(20)19-11-4-2-1-3-9(11)10-5-6-18-7-12(10)19/h1-4,18H,5-8H2. The molecule has 2 aromatic rings. The molecular weight excluding hydrogens is 335 g/mol. The molecule has 4 nitrogen and oxygen atoms in total. The molecule has 0 saturated carbocycles. The van der Waals surface area contributed by atoms with Crippen LogP contribution < -0.4 is 5.32 Å². The zero-order valence-electron chi connectivity index (χ0n) is 11.0. The maximum atomic E-state index is 12.4. The summed E-state index contributed by atoms with van der Waals surface area (Å²) in [6.45, 7) is 1.22. The summed E-state index contributed by atoms with van der Waals surface area (Å²) in [5.74, 6) is 0. The minimum atomic E-state index is -1.61. The molecule has 1 aromatic heterocycles. The average molecular weight is 348 g/mol. The van der Waals surface area contributed by atoms with E-state index in [0.717, 1.165) is 29.6 Å². The average Bonchev–Trinajstić information content (AvgIpc) is 2.79. The van der Waals surface area contributed by atoms with Crippen LogP contribution in [0.4, 0.5) is 4.79 Å². The molecule has 1 aliphatic heterocycles. The first-order valence-electron chi connectivity index (χ1n) is 6.53. The van der Waals surface area contributed by atoms with Gasteiger partial charge in [-0.15, -0.1) is 0 Å². The Bertz CT molecular complexity index is 691. The number of alkyl halides is 3. The van der Waals surface area contributed by atoms with E-state index in [1.165, 1.54) is 5.56 Å². The van der Waals surface area contributed by atoms with Crippen LogP contribution in [-0.2, 0) is 17.7 Å². The summed E-state index contributed by atoms with van der Waals surface area (Å²) in [6.07, 6.45) is 0.350. The van der Waals surface area contributed by atoms with Gasteiger partial charge in [-0.2, -0.15) is 0 Å². The van der Waals surface area contributed by atoms with Crippen molar-refractivity contribution in [1.82, 2.24) is 9.88 Å². The highest BCUT2D eigenvalue weighted by atomic mass is 35.6. The lowest BCUT2D eigenvalue weighted by Crippen LogP contribution is -2.28. The van der Waals surface area contributed by atoms with Gasteiger partial charge in [0.15, 0.2) is 0 Å². The number of carbonyl (C=O) groups is 1. The quantitative estimate of drug-likeness (QED) is 0.801. The fourth-order valence-electron chi connectivity index (χ4n) is 2.66. The largest absolute Gasteiger partial charge is 0.444 e. The van der Waals surface area contributed by atoms with Gasteiger partial charge in [0, 0.05) is 17.6 Å². The molecule has 112 valence electrons. The summed E-state index contributed by atoms with van der Waals surface area (Å²) in [6, 6.07) is 7.75. The Morgan fingerprint density at radius 2 is 2.10 bits per heavy atom. The number of aromatic nitrogens is 1. The summed E-state index contributed by atoms with van der Waals surface area (Å²) in [7, 11) is 0. The van der Waals surface area contributed by atoms with E-state index >= 15 is 0 Å². The van der Waals surface area contributed by atoms with Crippen molar-refractivity contribution in [2.45, 2.75) is 16.8 Å². The van der Waals surface area contributed by atoms with E-state index in [9.17, 15) is 4.79 Å². The smallest absolute Gasteiger partial charge is 0.418 e. The number of halogens is 3. The molecule has 3 rings (SSSR count). The molecule has 0 radical (unpaired) electrons. The molecule has 1 aromatic carbocycles. The molecule has 0 aliphatic carbocycles. The highest BCUT2D eigenvalue weighted by molar-refractivity contribution is 6.67. The summed E-state index contributed by atoms with van der Waals surface area (Å²) < 4.78 is 5.07. The van der Waals surface area contributed by atoms with E-state index in [0.29, 0.717) is 6.54 Å². The van der Waals surface area contributed by atoms with Gasteiger partial charge in [-0.3, -0.25) is 0 Å². The number of nitrogens with zero attached hydrogens (tertiary/aromatic N) is 1. The van der Waals surface area contributed by atoms with Gasteiger partial charge in [0.25, 0.3) is 0 Å². The molecule has 1 N–H and O–H groups in total. The van der Waals surface area contributed by atoms with Crippen molar-refractivity contribution in [3.05, 3.63) is 35.5 Å². The Morgan fingerprint density at radius 3 is 2.86 bits per heavy atom. The van der Waals surface area contributed by atoms with E-state index < -0.39 is 9.89 Å². The molecule has 0 spiro atoms. The van der Waals surface area contributed by atoms with Gasteiger partial charge in [0.1, 0.15) is 6.61 Å². The predicted octanol–water partition coefficient (Wildman–Crippen LogP) is 3.64. The van der Waals surface area contributed by atoms with Crippen molar-refractivity contribution >= 4 is 51.8 Å². The van der Waals surface area contributed by atoms with Gasteiger partial charge in [-0.05, 0) is 24.6 Å². The van der Waals surface area contributed by atoms with Crippen LogP contribution in [0.25, 0.3) is 10.9 Å². The van der Waals surface area contributed by atoms with Crippen LogP contribution >= 0.6 is 34.8 Å². The molecule has 0 amide bonds. The lowest BCUT2D eigenvalue weighted by molar-refractivity contribution is 0.150. The van der Waals surface area contributed by atoms with Crippen molar-refractivity contribution < 1.29 is 9.53 Å². The maximum Gasteiger partial charge on any atom is 0.418 e. The monoisotopic (exact) mass is 346 g/mol. The highest BCUT2D eigenvalue weighted by Crippen LogP contribution is 2.30. The number of hydrogen-bond acceptors (Lipinski definition) is 3. The third kappa shape index (κ3) is 2.99. The summed E-state index contributed by atoms with van der Waals surface area (Å²) in [4.78, 5) is 12.4. The molecule has 0 saturated heterocycles. The van der Waals surface area contributed by atoms with Gasteiger partial charge in [-0.25, -0.2) is 9.36 Å². The number of nitrogens with one attached hydrogen (secondary N) is 1. The summed E-state index contributed by atoms with van der Waals surface area (Å²) in [5, 5.41) is 4.33. The van der Waals surface area contributed by atoms with Crippen LogP contribution in [0, 0.1) is 0 Å². The third-order valence-electron chi connectivity index (χ3n) is 3.47. The van der Waals surface area contributed by atoms with Gasteiger partial charge in [-0.1, -0.05) is 53.0 Å². The second-order valence-electron chi connectivity index (χ2n) is 4.87. The van der Waals surface area contributed by atoms with E-state index in [1.54, 1.807) is 4.57 Å².